The smallest absolute Gasteiger partial charge is 0.255 e. The number of ether oxygens (including phenoxy) is 1. The van der Waals surface area contributed by atoms with Crippen LogP contribution in [0.3, 0.4) is 0 Å². The number of fused-ring (bicyclic) bond motifs is 1. The molecule has 4 rings (SSSR count). The van der Waals surface area contributed by atoms with Gasteiger partial charge in [-0.15, -0.1) is 0 Å². The zero-order valence-corrected chi connectivity index (χ0v) is 15.3. The Labute approximate surface area is 156 Å². The number of amides is 1. The van der Waals surface area contributed by atoms with Crippen molar-refractivity contribution in [2.75, 3.05) is 5.32 Å². The molecule has 5 nitrogen and oxygen atoms in total. The first kappa shape index (κ1) is 16.8. The number of halogens is 1. The van der Waals surface area contributed by atoms with Gasteiger partial charge in [0.1, 0.15) is 0 Å². The minimum Gasteiger partial charge on any atom is -0.372 e. The highest BCUT2D eigenvalue weighted by Crippen LogP contribution is 2.25. The van der Waals surface area contributed by atoms with Crippen LogP contribution < -0.4 is 5.32 Å². The third-order valence-corrected chi connectivity index (χ3v) is 5.08. The van der Waals surface area contributed by atoms with Crippen molar-refractivity contribution in [3.63, 3.8) is 0 Å². The third kappa shape index (κ3) is 3.00. The van der Waals surface area contributed by atoms with E-state index in [9.17, 15) is 4.79 Å². The van der Waals surface area contributed by atoms with Gasteiger partial charge in [0, 0.05) is 11.3 Å². The molecule has 2 heterocycles. The summed E-state index contributed by atoms with van der Waals surface area (Å²) in [6, 6.07) is 13.2. The van der Waals surface area contributed by atoms with Gasteiger partial charge < -0.3 is 10.1 Å². The summed E-state index contributed by atoms with van der Waals surface area (Å²) in [5, 5.41) is 8.03. The van der Waals surface area contributed by atoms with E-state index < -0.39 is 0 Å². The van der Waals surface area contributed by atoms with Gasteiger partial charge in [0.15, 0.2) is 0 Å². The van der Waals surface area contributed by atoms with Crippen molar-refractivity contribution < 1.29 is 9.53 Å². The summed E-state index contributed by atoms with van der Waals surface area (Å²) in [6.45, 7) is 4.99. The predicted molar refractivity (Wildman–Crippen MR) is 101 cm³/mol. The molecule has 0 atom stereocenters. The Bertz CT molecular complexity index is 1010. The van der Waals surface area contributed by atoms with Gasteiger partial charge in [0.05, 0.1) is 35.3 Å². The second kappa shape index (κ2) is 6.59. The molecule has 1 amide bonds. The Morgan fingerprint density at radius 2 is 1.96 bits per heavy atom. The second-order valence-electron chi connectivity index (χ2n) is 6.38. The summed E-state index contributed by atoms with van der Waals surface area (Å²) in [5.41, 5.74) is 6.02. The Balaban J connectivity index is 1.60. The van der Waals surface area contributed by atoms with Gasteiger partial charge in [-0.05, 0) is 55.3 Å². The molecule has 26 heavy (non-hydrogen) atoms. The second-order valence-corrected chi connectivity index (χ2v) is 6.76. The standard InChI is InChI=1S/C20H18ClN3O2/c1-12-19(21)13(2)24(23-12)18-5-3-4-14(9-18)20(25)22-17-7-6-15-10-26-11-16(15)8-17/h3-9H,10-11H2,1-2H3,(H,22,25). The Hall–Kier alpha value is -2.63. The maximum atomic E-state index is 12.7. The van der Waals surface area contributed by atoms with E-state index >= 15 is 0 Å². The van der Waals surface area contributed by atoms with Crippen LogP contribution in [0.5, 0.6) is 0 Å². The van der Waals surface area contributed by atoms with Gasteiger partial charge >= 0.3 is 0 Å². The molecule has 1 N–H and O–H groups in total. The first-order chi connectivity index (χ1) is 12.5. The molecule has 0 spiro atoms. The van der Waals surface area contributed by atoms with Crippen molar-refractivity contribution in [3.8, 4) is 5.69 Å². The molecule has 0 aliphatic carbocycles. The summed E-state index contributed by atoms with van der Waals surface area (Å²) in [7, 11) is 0. The molecular weight excluding hydrogens is 350 g/mol. The molecule has 0 saturated heterocycles. The largest absolute Gasteiger partial charge is 0.372 e. The Morgan fingerprint density at radius 1 is 1.15 bits per heavy atom. The molecule has 1 aromatic heterocycles. The van der Waals surface area contributed by atoms with Crippen molar-refractivity contribution in [1.29, 1.82) is 0 Å². The monoisotopic (exact) mass is 367 g/mol. The molecule has 6 heteroatoms. The maximum Gasteiger partial charge on any atom is 0.255 e. The van der Waals surface area contributed by atoms with E-state index in [1.165, 1.54) is 5.56 Å². The number of nitrogens with one attached hydrogen (secondary N) is 1. The maximum absolute atomic E-state index is 12.7. The first-order valence-electron chi connectivity index (χ1n) is 8.36. The average molecular weight is 368 g/mol. The van der Waals surface area contributed by atoms with Crippen LogP contribution in [0.15, 0.2) is 42.5 Å². The summed E-state index contributed by atoms with van der Waals surface area (Å²) < 4.78 is 7.17. The highest BCUT2D eigenvalue weighted by Gasteiger charge is 2.15. The van der Waals surface area contributed by atoms with E-state index in [-0.39, 0.29) is 5.91 Å². The van der Waals surface area contributed by atoms with E-state index in [2.05, 4.69) is 10.4 Å². The van der Waals surface area contributed by atoms with E-state index in [1.54, 1.807) is 10.7 Å². The van der Waals surface area contributed by atoms with E-state index in [0.717, 1.165) is 28.3 Å². The number of carbonyl (C=O) groups excluding carboxylic acids is 1. The van der Waals surface area contributed by atoms with Crippen LogP contribution in [0.2, 0.25) is 5.02 Å². The fourth-order valence-corrected chi connectivity index (χ4v) is 3.22. The number of benzene rings is 2. The zero-order valence-electron chi connectivity index (χ0n) is 14.5. The van der Waals surface area contributed by atoms with Crippen LogP contribution >= 0.6 is 11.6 Å². The topological polar surface area (TPSA) is 56.2 Å². The SMILES string of the molecule is Cc1nn(-c2cccc(C(=O)Nc3ccc4c(c3)COC4)c2)c(C)c1Cl. The molecular formula is C20H18ClN3O2. The molecule has 0 unspecified atom stereocenters. The van der Waals surface area contributed by atoms with Gasteiger partial charge in [-0.1, -0.05) is 23.7 Å². The fraction of sp³-hybridized carbons (Fsp3) is 0.200. The van der Waals surface area contributed by atoms with Crippen molar-refractivity contribution >= 4 is 23.2 Å². The number of aryl methyl sites for hydroxylation is 1. The summed E-state index contributed by atoms with van der Waals surface area (Å²) in [5.74, 6) is -0.168. The number of nitrogens with zero attached hydrogens (tertiary/aromatic N) is 2. The molecule has 2 aromatic carbocycles. The van der Waals surface area contributed by atoms with Crippen LogP contribution in [0.4, 0.5) is 5.69 Å². The fourth-order valence-electron chi connectivity index (χ4n) is 3.11. The van der Waals surface area contributed by atoms with Crippen LogP contribution in [0.25, 0.3) is 5.69 Å². The number of hydrogen-bond donors (Lipinski definition) is 1. The lowest BCUT2D eigenvalue weighted by Crippen LogP contribution is -2.13. The molecule has 0 fully saturated rings. The Morgan fingerprint density at radius 3 is 2.73 bits per heavy atom. The quantitative estimate of drug-likeness (QED) is 0.745. The highest BCUT2D eigenvalue weighted by atomic mass is 35.5. The van der Waals surface area contributed by atoms with Gasteiger partial charge in [-0.2, -0.15) is 5.10 Å². The molecule has 0 radical (unpaired) electrons. The van der Waals surface area contributed by atoms with Crippen molar-refractivity contribution in [1.82, 2.24) is 9.78 Å². The van der Waals surface area contributed by atoms with E-state index in [1.807, 2.05) is 50.2 Å². The number of rotatable bonds is 3. The van der Waals surface area contributed by atoms with Crippen molar-refractivity contribution in [2.24, 2.45) is 0 Å². The lowest BCUT2D eigenvalue weighted by molar-refractivity contribution is 0.102. The Kier molecular flexibility index (Phi) is 4.26. The first-order valence-corrected chi connectivity index (χ1v) is 8.74. The van der Waals surface area contributed by atoms with Crippen LogP contribution in [0.1, 0.15) is 32.9 Å². The van der Waals surface area contributed by atoms with Gasteiger partial charge in [0.2, 0.25) is 0 Å². The minimum absolute atomic E-state index is 0.168. The van der Waals surface area contributed by atoms with Crippen molar-refractivity contribution in [2.45, 2.75) is 27.1 Å². The molecule has 1 aliphatic rings. The lowest BCUT2D eigenvalue weighted by atomic mass is 10.1. The van der Waals surface area contributed by atoms with E-state index in [4.69, 9.17) is 16.3 Å². The normalized spacial score (nSPS) is 12.9. The lowest BCUT2D eigenvalue weighted by Gasteiger charge is -2.09. The van der Waals surface area contributed by atoms with E-state index in [0.29, 0.717) is 23.8 Å². The zero-order chi connectivity index (χ0) is 18.3. The molecule has 1 aliphatic heterocycles. The highest BCUT2D eigenvalue weighted by molar-refractivity contribution is 6.31. The molecule has 132 valence electrons. The average Bonchev–Trinajstić information content (AvgIpc) is 3.21. The van der Waals surface area contributed by atoms with Gasteiger partial charge in [-0.3, -0.25) is 4.79 Å². The van der Waals surface area contributed by atoms with Gasteiger partial charge in [-0.25, -0.2) is 4.68 Å². The molecule has 3 aromatic rings. The van der Waals surface area contributed by atoms with Crippen LogP contribution in [-0.4, -0.2) is 15.7 Å². The van der Waals surface area contributed by atoms with Crippen LogP contribution in [-0.2, 0) is 18.0 Å². The van der Waals surface area contributed by atoms with Gasteiger partial charge in [0.25, 0.3) is 5.91 Å². The predicted octanol–water partition coefficient (Wildman–Crippen LogP) is 4.43. The number of hydrogen-bond acceptors (Lipinski definition) is 3. The summed E-state index contributed by atoms with van der Waals surface area (Å²) >= 11 is 6.23. The number of anilines is 1. The molecule has 0 bridgehead atoms. The number of aromatic nitrogens is 2. The third-order valence-electron chi connectivity index (χ3n) is 4.54. The summed E-state index contributed by atoms with van der Waals surface area (Å²) in [4.78, 5) is 12.7. The van der Waals surface area contributed by atoms with Crippen molar-refractivity contribution in [3.05, 3.63) is 75.6 Å². The van der Waals surface area contributed by atoms with Crippen LogP contribution in [0, 0.1) is 13.8 Å². The minimum atomic E-state index is -0.168. The number of carbonyl (C=O) groups is 1. The summed E-state index contributed by atoms with van der Waals surface area (Å²) in [6.07, 6.45) is 0. The molecule has 0 saturated carbocycles.